The van der Waals surface area contributed by atoms with E-state index in [4.69, 9.17) is 8.85 Å². The number of rotatable bonds is 5. The van der Waals surface area contributed by atoms with E-state index in [1.807, 2.05) is 0 Å². The molecule has 5 heteroatoms. The quantitative estimate of drug-likeness (QED) is 0.391. The molecule has 186 valence electrons. The smallest absolute Gasteiger partial charge is 0.250 e. The molecule has 3 nitrogen and oxygen atoms in total. The number of Topliss-reactive ketones (excluding diaryl/α,β-unsaturated/α-hetero) is 1. The van der Waals surface area contributed by atoms with Crippen LogP contribution in [0.4, 0.5) is 0 Å². The van der Waals surface area contributed by atoms with Crippen molar-refractivity contribution in [3.05, 3.63) is 29.8 Å². The molecule has 2 aliphatic carbocycles. The van der Waals surface area contributed by atoms with Gasteiger partial charge >= 0.3 is 0 Å². The fourth-order valence-corrected chi connectivity index (χ4v) is 7.58. The molecular formula is C28H48O3Si2. The van der Waals surface area contributed by atoms with Crippen LogP contribution in [0.15, 0.2) is 24.3 Å². The number of hydrogen-bond acceptors (Lipinski definition) is 3. The van der Waals surface area contributed by atoms with E-state index in [9.17, 15) is 4.79 Å². The number of carbonyl (C=O) groups excluding carboxylic acids is 1. The van der Waals surface area contributed by atoms with Gasteiger partial charge in [-0.3, -0.25) is 4.79 Å². The van der Waals surface area contributed by atoms with Gasteiger partial charge in [-0.1, -0.05) is 60.6 Å². The molecule has 2 aliphatic rings. The SMILES string of the molecule is CC(C)(C)[Si](C)(C)Oc1ccc([C@@H]2C[C@@H]3CC[C@H](O[Si](C)(C)C(C)(C)C)[C@@]3(C)CC2=O)cc1. The van der Waals surface area contributed by atoms with Gasteiger partial charge in [-0.25, -0.2) is 0 Å². The average Bonchev–Trinajstić information content (AvgIpc) is 2.94. The lowest BCUT2D eigenvalue weighted by Gasteiger charge is -2.47. The van der Waals surface area contributed by atoms with Gasteiger partial charge < -0.3 is 8.85 Å². The molecule has 1 aromatic carbocycles. The highest BCUT2D eigenvalue weighted by molar-refractivity contribution is 6.75. The molecule has 0 saturated heterocycles. The highest BCUT2D eigenvalue weighted by atomic mass is 28.4. The van der Waals surface area contributed by atoms with Crippen LogP contribution in [-0.2, 0) is 9.22 Å². The van der Waals surface area contributed by atoms with Gasteiger partial charge in [-0.05, 0) is 79.1 Å². The minimum Gasteiger partial charge on any atom is -0.544 e. The van der Waals surface area contributed by atoms with Gasteiger partial charge in [0.15, 0.2) is 8.32 Å². The predicted octanol–water partition coefficient (Wildman–Crippen LogP) is 8.32. The second-order valence-corrected chi connectivity index (χ2v) is 23.5. The monoisotopic (exact) mass is 488 g/mol. The second-order valence-electron chi connectivity index (χ2n) is 14.0. The normalized spacial score (nSPS) is 29.2. The van der Waals surface area contributed by atoms with Crippen LogP contribution in [0.3, 0.4) is 0 Å². The van der Waals surface area contributed by atoms with E-state index in [-0.39, 0.29) is 27.5 Å². The van der Waals surface area contributed by atoms with Crippen LogP contribution < -0.4 is 4.43 Å². The van der Waals surface area contributed by atoms with Crippen LogP contribution in [0.5, 0.6) is 5.75 Å². The van der Waals surface area contributed by atoms with Gasteiger partial charge in [-0.2, -0.15) is 0 Å². The Morgan fingerprint density at radius 2 is 1.42 bits per heavy atom. The van der Waals surface area contributed by atoms with Crippen LogP contribution >= 0.6 is 0 Å². The van der Waals surface area contributed by atoms with E-state index in [0.717, 1.165) is 24.2 Å². The van der Waals surface area contributed by atoms with Crippen molar-refractivity contribution in [3.63, 3.8) is 0 Å². The van der Waals surface area contributed by atoms with Gasteiger partial charge in [0.2, 0.25) is 8.32 Å². The van der Waals surface area contributed by atoms with Gasteiger partial charge in [0.25, 0.3) is 0 Å². The summed E-state index contributed by atoms with van der Waals surface area (Å²) >= 11 is 0. The first-order valence-electron chi connectivity index (χ1n) is 12.9. The van der Waals surface area contributed by atoms with Gasteiger partial charge in [0.1, 0.15) is 11.5 Å². The van der Waals surface area contributed by atoms with E-state index >= 15 is 0 Å². The zero-order valence-corrected chi connectivity index (χ0v) is 25.1. The largest absolute Gasteiger partial charge is 0.544 e. The van der Waals surface area contributed by atoms with Crippen LogP contribution in [-0.4, -0.2) is 28.5 Å². The summed E-state index contributed by atoms with van der Waals surface area (Å²) in [7, 11) is -3.72. The Labute approximate surface area is 205 Å². The van der Waals surface area contributed by atoms with E-state index < -0.39 is 16.6 Å². The Morgan fingerprint density at radius 3 is 1.94 bits per heavy atom. The number of fused-ring (bicyclic) bond motifs is 1. The molecule has 0 bridgehead atoms. The third-order valence-corrected chi connectivity index (χ3v) is 18.5. The predicted molar refractivity (Wildman–Crippen MR) is 144 cm³/mol. The number of carbonyl (C=O) groups is 1. The summed E-state index contributed by atoms with van der Waals surface area (Å²) in [6, 6.07) is 8.42. The third-order valence-electron chi connectivity index (χ3n) is 9.61. The standard InChI is InChI=1S/C28H48O3Si2/c1-26(2,3)32(8,9)30-22-15-12-20(13-16-22)23-18-21-14-17-25(28(21,7)19-24(23)29)31-33(10,11)27(4,5)6/h12-13,15-16,21,23,25H,14,17-19H2,1-11H3/t21-,23-,25-,28-/m0/s1. The Kier molecular flexibility index (Phi) is 6.98. The highest BCUT2D eigenvalue weighted by Crippen LogP contribution is 2.56. The van der Waals surface area contributed by atoms with E-state index in [1.165, 1.54) is 6.42 Å². The molecule has 4 atom stereocenters. The van der Waals surface area contributed by atoms with Crippen molar-refractivity contribution < 1.29 is 13.6 Å². The zero-order valence-electron chi connectivity index (χ0n) is 23.1. The van der Waals surface area contributed by atoms with Crippen LogP contribution in [0.1, 0.15) is 85.6 Å². The summed E-state index contributed by atoms with van der Waals surface area (Å²) in [6.07, 6.45) is 4.08. The van der Waals surface area contributed by atoms with Crippen molar-refractivity contribution in [2.45, 2.75) is 122 Å². The first-order chi connectivity index (χ1) is 14.9. The maximum Gasteiger partial charge on any atom is 0.250 e. The van der Waals surface area contributed by atoms with Gasteiger partial charge in [0.05, 0.1) is 6.10 Å². The summed E-state index contributed by atoms with van der Waals surface area (Å²) < 4.78 is 13.3. The van der Waals surface area contributed by atoms with Crippen molar-refractivity contribution in [1.29, 1.82) is 0 Å². The molecule has 0 unspecified atom stereocenters. The van der Waals surface area contributed by atoms with Crippen LogP contribution in [0.25, 0.3) is 0 Å². The Hall–Kier alpha value is -0.916. The van der Waals surface area contributed by atoms with E-state index in [1.54, 1.807) is 0 Å². The maximum atomic E-state index is 13.4. The minimum absolute atomic E-state index is 0.0108. The second kappa shape index (κ2) is 8.63. The first kappa shape index (κ1) is 26.7. The highest BCUT2D eigenvalue weighted by Gasteiger charge is 2.55. The molecule has 2 saturated carbocycles. The molecule has 0 amide bonds. The Balaban J connectivity index is 1.73. The van der Waals surface area contributed by atoms with Crippen molar-refractivity contribution in [3.8, 4) is 5.75 Å². The fraction of sp³-hybridized carbons (Fsp3) is 0.750. The summed E-state index contributed by atoms with van der Waals surface area (Å²) in [5, 5.41) is 0.359. The van der Waals surface area contributed by atoms with Crippen molar-refractivity contribution in [1.82, 2.24) is 0 Å². The third kappa shape index (κ3) is 5.20. The van der Waals surface area contributed by atoms with Gasteiger partial charge in [-0.15, -0.1) is 0 Å². The molecule has 2 fully saturated rings. The Morgan fingerprint density at radius 1 is 0.879 bits per heavy atom. The molecule has 0 N–H and O–H groups in total. The summed E-state index contributed by atoms with van der Waals surface area (Å²) in [5.41, 5.74) is 1.13. The minimum atomic E-state index is -1.86. The number of ketones is 1. The molecule has 0 aromatic heterocycles. The fourth-order valence-electron chi connectivity index (χ4n) is 5.10. The number of benzene rings is 1. The van der Waals surface area contributed by atoms with Crippen molar-refractivity contribution >= 4 is 22.4 Å². The molecular weight excluding hydrogens is 440 g/mol. The van der Waals surface area contributed by atoms with E-state index in [0.29, 0.717) is 18.1 Å². The lowest BCUT2D eigenvalue weighted by molar-refractivity contribution is -0.129. The molecule has 0 aliphatic heterocycles. The zero-order chi connectivity index (χ0) is 25.0. The van der Waals surface area contributed by atoms with E-state index in [2.05, 4.69) is 98.9 Å². The van der Waals surface area contributed by atoms with Crippen LogP contribution in [0, 0.1) is 11.3 Å². The average molecular weight is 489 g/mol. The first-order valence-corrected chi connectivity index (χ1v) is 18.7. The summed E-state index contributed by atoms with van der Waals surface area (Å²) in [6.45, 7) is 25.2. The molecule has 0 heterocycles. The lowest BCUT2D eigenvalue weighted by Crippen LogP contribution is -2.50. The van der Waals surface area contributed by atoms with Crippen molar-refractivity contribution in [2.24, 2.45) is 11.3 Å². The molecule has 1 aromatic rings. The van der Waals surface area contributed by atoms with Crippen LogP contribution in [0.2, 0.25) is 36.3 Å². The summed E-state index contributed by atoms with van der Waals surface area (Å²) in [5.74, 6) is 1.88. The molecule has 0 spiro atoms. The maximum absolute atomic E-state index is 13.4. The lowest BCUT2D eigenvalue weighted by atomic mass is 9.63. The molecule has 3 rings (SSSR count). The molecule has 0 radical (unpaired) electrons. The molecule has 33 heavy (non-hydrogen) atoms. The van der Waals surface area contributed by atoms with Gasteiger partial charge in [0, 0.05) is 17.8 Å². The topological polar surface area (TPSA) is 35.5 Å². The van der Waals surface area contributed by atoms with Crippen molar-refractivity contribution in [2.75, 3.05) is 0 Å². The summed E-state index contributed by atoms with van der Waals surface area (Å²) in [4.78, 5) is 13.4. The number of hydrogen-bond donors (Lipinski definition) is 0. The Bertz CT molecular complexity index is 861.